The lowest BCUT2D eigenvalue weighted by atomic mass is 10.1. The maximum atomic E-state index is 13.3. The van der Waals surface area contributed by atoms with E-state index in [2.05, 4.69) is 5.32 Å². The topological polar surface area (TPSA) is 86.8 Å². The van der Waals surface area contributed by atoms with Gasteiger partial charge in [-0.15, -0.1) is 0 Å². The molecule has 0 aliphatic heterocycles. The highest BCUT2D eigenvalue weighted by atomic mass is 35.5. The molecule has 0 radical (unpaired) electrons. The first kappa shape index (κ1) is 30.2. The summed E-state index contributed by atoms with van der Waals surface area (Å²) in [5, 5.41) is 4.14. The van der Waals surface area contributed by atoms with Crippen LogP contribution < -0.4 is 9.62 Å². The monoisotopic (exact) mass is 575 g/mol. The van der Waals surface area contributed by atoms with Crippen LogP contribution in [0.5, 0.6) is 0 Å². The minimum atomic E-state index is -3.61. The highest BCUT2D eigenvalue weighted by Crippen LogP contribution is 2.25. The summed E-state index contributed by atoms with van der Waals surface area (Å²) >= 11 is 18.4. The van der Waals surface area contributed by atoms with Crippen molar-refractivity contribution in [1.82, 2.24) is 10.2 Å². The number of carbonyl (C=O) groups is 2. The van der Waals surface area contributed by atoms with Crippen LogP contribution in [0.4, 0.5) is 5.69 Å². The predicted octanol–water partition coefficient (Wildman–Crippen LogP) is 5.53. The largest absolute Gasteiger partial charge is 0.350 e. The van der Waals surface area contributed by atoms with Crippen molar-refractivity contribution in [3.63, 3.8) is 0 Å². The van der Waals surface area contributed by atoms with E-state index >= 15 is 0 Å². The minimum Gasteiger partial charge on any atom is -0.350 e. The lowest BCUT2D eigenvalue weighted by molar-refractivity contribution is -0.141. The number of amides is 2. The SMILES string of the molecule is C[C@@H](C(=O)NC(C)(C)C)N(Cc1ccc(Cl)cc1Cl)C(=O)CCCN(c1cccc(Cl)c1)S(C)(=O)=O. The number of hydrogen-bond donors (Lipinski definition) is 1. The standard InChI is InChI=1S/C25H32Cl3N3O4S/c1-17(24(33)29-25(2,3)4)30(16-18-11-12-20(27)15-22(18)28)23(32)10-7-13-31(36(5,34)35)21-9-6-8-19(26)14-21/h6,8-9,11-12,14-15,17H,7,10,13,16H2,1-5H3,(H,29,33)/t17-/m0/s1. The fourth-order valence-corrected chi connectivity index (χ4v) is 5.14. The number of nitrogens with one attached hydrogen (secondary N) is 1. The van der Waals surface area contributed by atoms with E-state index in [-0.39, 0.29) is 37.7 Å². The van der Waals surface area contributed by atoms with E-state index in [4.69, 9.17) is 34.8 Å². The predicted molar refractivity (Wildman–Crippen MR) is 147 cm³/mol. The van der Waals surface area contributed by atoms with Gasteiger partial charge in [0.2, 0.25) is 21.8 Å². The Balaban J connectivity index is 2.23. The molecule has 0 aliphatic rings. The van der Waals surface area contributed by atoms with E-state index in [0.29, 0.717) is 26.3 Å². The average Bonchev–Trinajstić information content (AvgIpc) is 2.73. The van der Waals surface area contributed by atoms with Crippen molar-refractivity contribution in [1.29, 1.82) is 0 Å². The van der Waals surface area contributed by atoms with Crippen LogP contribution in [0, 0.1) is 0 Å². The Kier molecular flexibility index (Phi) is 10.5. The highest BCUT2D eigenvalue weighted by Gasteiger charge is 2.29. The van der Waals surface area contributed by atoms with Gasteiger partial charge < -0.3 is 10.2 Å². The molecule has 36 heavy (non-hydrogen) atoms. The second kappa shape index (κ2) is 12.5. The van der Waals surface area contributed by atoms with E-state index < -0.39 is 21.6 Å². The number of benzene rings is 2. The Labute approximate surface area is 228 Å². The van der Waals surface area contributed by atoms with Gasteiger partial charge in [0, 0.05) is 40.1 Å². The van der Waals surface area contributed by atoms with Crippen molar-refractivity contribution in [3.05, 3.63) is 63.1 Å². The minimum absolute atomic E-state index is 0.0188. The van der Waals surface area contributed by atoms with Gasteiger partial charge in [-0.2, -0.15) is 0 Å². The number of rotatable bonds is 10. The lowest BCUT2D eigenvalue weighted by Crippen LogP contribution is -2.52. The third kappa shape index (κ3) is 9.14. The summed E-state index contributed by atoms with van der Waals surface area (Å²) in [7, 11) is -3.61. The van der Waals surface area contributed by atoms with Gasteiger partial charge >= 0.3 is 0 Å². The van der Waals surface area contributed by atoms with Crippen LogP contribution in [0.25, 0.3) is 0 Å². The molecule has 0 unspecified atom stereocenters. The van der Waals surface area contributed by atoms with Crippen LogP contribution >= 0.6 is 34.8 Å². The van der Waals surface area contributed by atoms with Gasteiger partial charge in [0.05, 0.1) is 11.9 Å². The van der Waals surface area contributed by atoms with Crippen LogP contribution in [0.2, 0.25) is 15.1 Å². The van der Waals surface area contributed by atoms with Crippen molar-refractivity contribution in [2.75, 3.05) is 17.1 Å². The molecule has 1 N–H and O–H groups in total. The Morgan fingerprint density at radius 1 is 1.03 bits per heavy atom. The van der Waals surface area contributed by atoms with Crippen molar-refractivity contribution in [2.45, 2.75) is 58.7 Å². The summed E-state index contributed by atoms with van der Waals surface area (Å²) < 4.78 is 26.0. The molecule has 2 aromatic carbocycles. The number of halogens is 3. The summed E-state index contributed by atoms with van der Waals surface area (Å²) in [6, 6.07) is 10.7. The van der Waals surface area contributed by atoms with Crippen LogP contribution in [0.3, 0.4) is 0 Å². The fourth-order valence-electron chi connectivity index (χ4n) is 3.53. The molecular weight excluding hydrogens is 545 g/mol. The number of nitrogens with zero attached hydrogens (tertiary/aromatic N) is 2. The van der Waals surface area contributed by atoms with Crippen molar-refractivity contribution in [2.24, 2.45) is 0 Å². The number of hydrogen-bond acceptors (Lipinski definition) is 4. The van der Waals surface area contributed by atoms with E-state index in [1.165, 1.54) is 9.21 Å². The molecule has 7 nitrogen and oxygen atoms in total. The van der Waals surface area contributed by atoms with Gasteiger partial charge in [-0.05, 0) is 70.0 Å². The van der Waals surface area contributed by atoms with Gasteiger partial charge in [0.1, 0.15) is 6.04 Å². The van der Waals surface area contributed by atoms with E-state index in [1.807, 2.05) is 20.8 Å². The Hall–Kier alpha value is -2.00. The van der Waals surface area contributed by atoms with Crippen molar-refractivity contribution >= 4 is 62.3 Å². The maximum absolute atomic E-state index is 13.3. The molecule has 0 bridgehead atoms. The molecule has 1 atom stereocenters. The average molecular weight is 577 g/mol. The van der Waals surface area contributed by atoms with E-state index in [9.17, 15) is 18.0 Å². The van der Waals surface area contributed by atoms with Gasteiger partial charge in [-0.3, -0.25) is 13.9 Å². The van der Waals surface area contributed by atoms with Gasteiger partial charge in [0.15, 0.2) is 0 Å². The molecule has 2 rings (SSSR count). The van der Waals surface area contributed by atoms with Crippen LogP contribution in [-0.2, 0) is 26.2 Å². The highest BCUT2D eigenvalue weighted by molar-refractivity contribution is 7.92. The first-order valence-corrected chi connectivity index (χ1v) is 14.4. The van der Waals surface area contributed by atoms with Crippen molar-refractivity contribution in [3.8, 4) is 0 Å². The number of carbonyl (C=O) groups excluding carboxylic acids is 2. The third-order valence-electron chi connectivity index (χ3n) is 5.27. The maximum Gasteiger partial charge on any atom is 0.242 e. The molecule has 0 spiro atoms. The second-order valence-electron chi connectivity index (χ2n) is 9.59. The normalized spacial score (nSPS) is 12.7. The molecule has 0 saturated carbocycles. The summed E-state index contributed by atoms with van der Waals surface area (Å²) in [6.07, 6.45) is 1.35. The molecule has 2 amide bonds. The van der Waals surface area contributed by atoms with Crippen LogP contribution in [0.15, 0.2) is 42.5 Å². The zero-order chi connectivity index (χ0) is 27.3. The van der Waals surface area contributed by atoms with Gasteiger partial charge in [0.25, 0.3) is 0 Å². The third-order valence-corrected chi connectivity index (χ3v) is 7.29. The molecule has 0 aromatic heterocycles. The molecular formula is C25H32Cl3N3O4S. The van der Waals surface area contributed by atoms with E-state index in [0.717, 1.165) is 6.26 Å². The summed E-state index contributed by atoms with van der Waals surface area (Å²) in [5.74, 6) is -0.616. The Morgan fingerprint density at radius 2 is 1.67 bits per heavy atom. The quantitative estimate of drug-likeness (QED) is 0.403. The molecule has 0 fully saturated rings. The smallest absolute Gasteiger partial charge is 0.242 e. The molecule has 0 heterocycles. The zero-order valence-electron chi connectivity index (χ0n) is 21.0. The van der Waals surface area contributed by atoms with Gasteiger partial charge in [-0.25, -0.2) is 8.42 Å². The first-order valence-electron chi connectivity index (χ1n) is 11.4. The first-order chi connectivity index (χ1) is 16.6. The van der Waals surface area contributed by atoms with Gasteiger partial charge in [-0.1, -0.05) is 46.9 Å². The number of sulfonamides is 1. The molecule has 11 heteroatoms. The Bertz CT molecular complexity index is 1200. The van der Waals surface area contributed by atoms with Crippen LogP contribution in [-0.4, -0.2) is 49.5 Å². The zero-order valence-corrected chi connectivity index (χ0v) is 24.1. The van der Waals surface area contributed by atoms with E-state index in [1.54, 1.807) is 49.4 Å². The lowest BCUT2D eigenvalue weighted by Gasteiger charge is -2.32. The summed E-state index contributed by atoms with van der Waals surface area (Å²) in [6.45, 7) is 7.39. The second-order valence-corrected chi connectivity index (χ2v) is 12.8. The Morgan fingerprint density at radius 3 is 2.22 bits per heavy atom. The fraction of sp³-hybridized carbons (Fsp3) is 0.440. The molecule has 0 saturated heterocycles. The molecule has 198 valence electrons. The summed E-state index contributed by atoms with van der Waals surface area (Å²) in [4.78, 5) is 27.7. The van der Waals surface area contributed by atoms with Crippen molar-refractivity contribution < 1.29 is 18.0 Å². The molecule has 2 aromatic rings. The van der Waals surface area contributed by atoms with Crippen LogP contribution in [0.1, 0.15) is 46.1 Å². The number of anilines is 1. The summed E-state index contributed by atoms with van der Waals surface area (Å²) in [5.41, 5.74) is 0.576. The molecule has 0 aliphatic carbocycles.